The zero-order valence-electron chi connectivity index (χ0n) is 23.8. The fourth-order valence-corrected chi connectivity index (χ4v) is 4.18. The molecule has 0 saturated carbocycles. The molecule has 12 nitrogen and oxygen atoms in total. The molecule has 0 aliphatic carbocycles. The Morgan fingerprint density at radius 3 is 1.92 bits per heavy atom. The molecule has 2 aromatic rings. The molecule has 1 atom stereocenters. The van der Waals surface area contributed by atoms with Gasteiger partial charge in [-0.05, 0) is 40.3 Å². The smallest absolute Gasteiger partial charge is 0.222 e. The normalized spacial score (nSPS) is 17.6. The molecule has 0 aromatic carbocycles. The lowest BCUT2D eigenvalue weighted by Crippen LogP contribution is -2.57. The minimum absolute atomic E-state index is 0.181. The number of nitrogens with two attached hydrogens (primary N) is 2. The molecule has 0 radical (unpaired) electrons. The third-order valence-electron chi connectivity index (χ3n) is 6.37. The largest absolute Gasteiger partial charge is 0.375 e. The monoisotopic (exact) mass is 530 g/mol. The van der Waals surface area contributed by atoms with Crippen LogP contribution in [0.1, 0.15) is 45.5 Å². The van der Waals surface area contributed by atoms with E-state index in [1.165, 1.54) is 0 Å². The molecule has 0 amide bonds. The molecule has 6 N–H and O–H groups in total. The molecule has 4 rings (SSSR count). The van der Waals surface area contributed by atoms with Gasteiger partial charge in [-0.3, -0.25) is 0 Å². The summed E-state index contributed by atoms with van der Waals surface area (Å²) in [7, 11) is 3.96. The maximum atomic E-state index is 5.78. The van der Waals surface area contributed by atoms with Gasteiger partial charge in [0, 0.05) is 57.0 Å². The Hall–Kier alpha value is -2.80. The summed E-state index contributed by atoms with van der Waals surface area (Å²) in [4.78, 5) is 21.4. The average molecular weight is 531 g/mol. The van der Waals surface area contributed by atoms with Gasteiger partial charge in [-0.1, -0.05) is 13.8 Å². The number of nitrogen functional groups attached to an aromatic ring is 2. The molecule has 2 saturated heterocycles. The summed E-state index contributed by atoms with van der Waals surface area (Å²) in [6.45, 7) is 13.8. The van der Waals surface area contributed by atoms with Gasteiger partial charge in [-0.2, -0.15) is 9.97 Å². The molecule has 0 spiro atoms. The average Bonchev–Trinajstić information content (AvgIpc) is 3.31. The van der Waals surface area contributed by atoms with E-state index in [-0.39, 0.29) is 6.10 Å². The number of nitrogens with zero attached hydrogens (tertiary/aromatic N) is 6. The van der Waals surface area contributed by atoms with Gasteiger partial charge in [-0.25, -0.2) is 9.97 Å². The number of aromatic nitrogens is 4. The number of ether oxygens (including phenoxy) is 2. The maximum Gasteiger partial charge on any atom is 0.222 e. The lowest BCUT2D eigenvalue weighted by Gasteiger charge is -2.40. The van der Waals surface area contributed by atoms with Gasteiger partial charge < -0.3 is 41.4 Å². The Kier molecular flexibility index (Phi) is 11.3. The van der Waals surface area contributed by atoms with Crippen molar-refractivity contribution in [3.8, 4) is 0 Å². The lowest BCUT2D eigenvalue weighted by atomic mass is 10.1. The first kappa shape index (κ1) is 29.8. The zero-order chi connectivity index (χ0) is 27.7. The summed E-state index contributed by atoms with van der Waals surface area (Å²) in [5, 5.41) is 6.53. The topological polar surface area (TPSA) is 153 Å². The third-order valence-corrected chi connectivity index (χ3v) is 6.37. The summed E-state index contributed by atoms with van der Waals surface area (Å²) in [5.41, 5.74) is 13.2. The minimum Gasteiger partial charge on any atom is -0.375 e. The fraction of sp³-hybridized carbons (Fsp3) is 0.692. The molecular weight excluding hydrogens is 484 g/mol. The number of nitrogens with one attached hydrogen (secondary N) is 2. The Labute approximate surface area is 226 Å². The van der Waals surface area contributed by atoms with Gasteiger partial charge in [0.05, 0.1) is 30.7 Å². The second-order valence-electron chi connectivity index (χ2n) is 10.5. The van der Waals surface area contributed by atoms with Gasteiger partial charge in [0.15, 0.2) is 0 Å². The predicted octanol–water partition coefficient (Wildman–Crippen LogP) is 1.42. The number of hydrogen-bond acceptors (Lipinski definition) is 12. The van der Waals surface area contributed by atoms with Gasteiger partial charge in [0.25, 0.3) is 0 Å². The summed E-state index contributed by atoms with van der Waals surface area (Å²) >= 11 is 0. The van der Waals surface area contributed by atoms with Gasteiger partial charge >= 0.3 is 0 Å². The van der Waals surface area contributed by atoms with Crippen molar-refractivity contribution in [2.75, 3.05) is 68.1 Å². The molecule has 4 heterocycles. The summed E-state index contributed by atoms with van der Waals surface area (Å²) in [5.74, 6) is 2.93. The molecular formula is C26H46N10O2. The van der Waals surface area contributed by atoms with Crippen LogP contribution in [0, 0.1) is 5.92 Å². The molecule has 2 aliphatic heterocycles. The van der Waals surface area contributed by atoms with Crippen LogP contribution in [-0.4, -0.2) is 85.0 Å². The van der Waals surface area contributed by atoms with E-state index in [2.05, 4.69) is 54.2 Å². The van der Waals surface area contributed by atoms with E-state index in [1.807, 2.05) is 40.1 Å². The van der Waals surface area contributed by atoms with E-state index < -0.39 is 0 Å². The highest BCUT2D eigenvalue weighted by atomic mass is 16.5. The Bertz CT molecular complexity index is 1000. The van der Waals surface area contributed by atoms with Crippen LogP contribution in [0.3, 0.4) is 0 Å². The molecule has 212 valence electrons. The van der Waals surface area contributed by atoms with E-state index in [4.69, 9.17) is 20.9 Å². The van der Waals surface area contributed by atoms with Crippen LogP contribution in [0.2, 0.25) is 0 Å². The predicted molar refractivity (Wildman–Crippen MR) is 152 cm³/mol. The quantitative estimate of drug-likeness (QED) is 0.332. The van der Waals surface area contributed by atoms with E-state index in [9.17, 15) is 0 Å². The van der Waals surface area contributed by atoms with Crippen molar-refractivity contribution in [1.29, 1.82) is 0 Å². The van der Waals surface area contributed by atoms with Crippen LogP contribution in [0.4, 0.5) is 23.5 Å². The summed E-state index contributed by atoms with van der Waals surface area (Å²) in [6, 6.07) is 4.99. The second kappa shape index (κ2) is 14.4. The highest BCUT2D eigenvalue weighted by Crippen LogP contribution is 2.21. The number of hydrogen-bond donors (Lipinski definition) is 4. The van der Waals surface area contributed by atoms with Crippen LogP contribution in [-0.2, 0) is 22.7 Å². The van der Waals surface area contributed by atoms with E-state index >= 15 is 0 Å². The zero-order valence-corrected chi connectivity index (χ0v) is 23.8. The van der Waals surface area contributed by atoms with Crippen LogP contribution in [0.5, 0.6) is 0 Å². The van der Waals surface area contributed by atoms with E-state index in [0.29, 0.717) is 43.1 Å². The summed E-state index contributed by atoms with van der Waals surface area (Å²) < 4.78 is 11.2. The molecule has 0 unspecified atom stereocenters. The molecule has 0 bridgehead atoms. The number of rotatable bonds is 11. The lowest BCUT2D eigenvalue weighted by molar-refractivity contribution is 0.0636. The molecule has 12 heteroatoms. The van der Waals surface area contributed by atoms with Crippen molar-refractivity contribution in [2.45, 2.75) is 65.5 Å². The van der Waals surface area contributed by atoms with Crippen LogP contribution in [0.25, 0.3) is 0 Å². The van der Waals surface area contributed by atoms with Crippen molar-refractivity contribution >= 4 is 23.5 Å². The number of likely N-dealkylation sites (N-methyl/N-ethyl adjacent to an activating group) is 2. The first-order chi connectivity index (χ1) is 18.2. The van der Waals surface area contributed by atoms with Crippen molar-refractivity contribution in [2.24, 2.45) is 5.92 Å². The molecule has 38 heavy (non-hydrogen) atoms. The van der Waals surface area contributed by atoms with Crippen molar-refractivity contribution in [3.63, 3.8) is 0 Å². The minimum atomic E-state index is 0.181. The third kappa shape index (κ3) is 9.19. The van der Waals surface area contributed by atoms with Crippen LogP contribution >= 0.6 is 0 Å². The van der Waals surface area contributed by atoms with Crippen molar-refractivity contribution in [1.82, 2.24) is 30.6 Å². The molecule has 2 aliphatic rings. The van der Waals surface area contributed by atoms with Crippen LogP contribution < -0.4 is 31.9 Å². The molecule has 2 aromatic heterocycles. The maximum absolute atomic E-state index is 5.78. The first-order valence-corrected chi connectivity index (χ1v) is 13.5. The van der Waals surface area contributed by atoms with Crippen molar-refractivity contribution < 1.29 is 9.47 Å². The standard InChI is InChI=1S/2C13H23N5O/c1-9(2)7-19-8-10-4-12(17-13(14)16-10)18-5-11(6-18)15-3;1-9(2)19-8-11-6-12(17-13(14)16-11)18-5-4-10(7-18)15-3/h4,9,11,15H,5-8H2,1-3H3,(H2,14,16,17);6,9-10,15H,4-5,7-8H2,1-3H3,(H2,14,16,17)/t;10-/m.1/s1. The summed E-state index contributed by atoms with van der Waals surface area (Å²) in [6.07, 6.45) is 1.30. The highest BCUT2D eigenvalue weighted by Gasteiger charge is 2.27. The van der Waals surface area contributed by atoms with Gasteiger partial charge in [-0.15, -0.1) is 0 Å². The second-order valence-corrected chi connectivity index (χ2v) is 10.5. The Balaban J connectivity index is 0.000000211. The SMILES string of the molecule is CNC1CN(c2cc(COCC(C)C)nc(N)n2)C1.CN[C@@H]1CCN(c2cc(COC(C)C)nc(N)n2)C1. The first-order valence-electron chi connectivity index (χ1n) is 13.5. The van der Waals surface area contributed by atoms with Gasteiger partial charge in [0.1, 0.15) is 11.6 Å². The van der Waals surface area contributed by atoms with E-state index in [0.717, 1.165) is 62.2 Å². The van der Waals surface area contributed by atoms with Gasteiger partial charge in [0.2, 0.25) is 11.9 Å². The highest BCUT2D eigenvalue weighted by molar-refractivity contribution is 5.47. The van der Waals surface area contributed by atoms with Crippen LogP contribution in [0.15, 0.2) is 12.1 Å². The van der Waals surface area contributed by atoms with E-state index in [1.54, 1.807) is 0 Å². The van der Waals surface area contributed by atoms with Crippen molar-refractivity contribution in [3.05, 3.63) is 23.5 Å². The number of anilines is 4. The fourth-order valence-electron chi connectivity index (χ4n) is 4.18. The Morgan fingerprint density at radius 1 is 0.842 bits per heavy atom. The Morgan fingerprint density at radius 2 is 1.39 bits per heavy atom. The molecule has 2 fully saturated rings.